The van der Waals surface area contributed by atoms with Gasteiger partial charge >= 0.3 is 0 Å². The second-order valence-corrected chi connectivity index (χ2v) is 5.12. The molecule has 1 aliphatic rings. The summed E-state index contributed by atoms with van der Waals surface area (Å²) in [5, 5.41) is 0.792. The Kier molecular flexibility index (Phi) is 3.48. The van der Waals surface area contributed by atoms with Gasteiger partial charge in [-0.3, -0.25) is 0 Å². The zero-order chi connectivity index (χ0) is 9.80. The van der Waals surface area contributed by atoms with E-state index in [0.717, 1.165) is 18.2 Å². The van der Waals surface area contributed by atoms with Crippen LogP contribution in [0.15, 0.2) is 12.5 Å². The zero-order valence-electron chi connectivity index (χ0n) is 8.35. The molecule has 1 unspecified atom stereocenters. The molecule has 0 amide bonds. The molecule has 2 rings (SSSR count). The average Bonchev–Trinajstić information content (AvgIpc) is 2.80. The molecule has 3 nitrogen and oxygen atoms in total. The van der Waals surface area contributed by atoms with E-state index < -0.39 is 0 Å². The lowest BCUT2D eigenvalue weighted by Crippen LogP contribution is -2.14. The van der Waals surface area contributed by atoms with Gasteiger partial charge in [-0.05, 0) is 25.1 Å². The van der Waals surface area contributed by atoms with Gasteiger partial charge in [0.15, 0.2) is 0 Å². The maximum absolute atomic E-state index is 5.55. The molecule has 0 saturated carbocycles. The van der Waals surface area contributed by atoms with Gasteiger partial charge in [-0.25, -0.2) is 4.98 Å². The summed E-state index contributed by atoms with van der Waals surface area (Å²) in [6.07, 6.45) is 7.54. The van der Waals surface area contributed by atoms with E-state index in [1.807, 2.05) is 12.5 Å². The van der Waals surface area contributed by atoms with Crippen LogP contribution in [0.3, 0.4) is 0 Å². The number of rotatable bonds is 4. The minimum atomic E-state index is 0.712. The first-order valence-electron chi connectivity index (χ1n) is 5.21. The minimum absolute atomic E-state index is 0.712. The number of hydrogen-bond acceptors (Lipinski definition) is 3. The molecule has 1 atom stereocenters. The van der Waals surface area contributed by atoms with Crippen LogP contribution in [0, 0.1) is 0 Å². The molecule has 1 aromatic heterocycles. The Morgan fingerprint density at radius 2 is 2.57 bits per heavy atom. The molecule has 1 fully saturated rings. The SMILES string of the molecule is NCCc1cncn1CC1CCCS1. The highest BCUT2D eigenvalue weighted by atomic mass is 32.2. The van der Waals surface area contributed by atoms with Crippen molar-refractivity contribution in [1.82, 2.24) is 9.55 Å². The fourth-order valence-electron chi connectivity index (χ4n) is 1.88. The molecule has 1 aliphatic heterocycles. The number of aromatic nitrogens is 2. The van der Waals surface area contributed by atoms with Crippen LogP contribution in [0.5, 0.6) is 0 Å². The highest BCUT2D eigenvalue weighted by Crippen LogP contribution is 2.27. The Balaban J connectivity index is 1.96. The standard InChI is InChI=1S/C10H17N3S/c11-4-3-9-6-12-8-13(9)7-10-2-1-5-14-10/h6,8,10H,1-5,7,11H2. The van der Waals surface area contributed by atoms with E-state index in [1.165, 1.54) is 24.3 Å². The molecule has 1 saturated heterocycles. The van der Waals surface area contributed by atoms with Gasteiger partial charge in [-0.15, -0.1) is 0 Å². The Bertz CT molecular complexity index is 279. The third-order valence-electron chi connectivity index (χ3n) is 2.62. The quantitative estimate of drug-likeness (QED) is 0.816. The normalized spacial score (nSPS) is 21.6. The number of hydrogen-bond donors (Lipinski definition) is 1. The maximum atomic E-state index is 5.55. The highest BCUT2D eigenvalue weighted by molar-refractivity contribution is 8.00. The predicted octanol–water partition coefficient (Wildman–Crippen LogP) is 1.28. The molecule has 2 heterocycles. The first kappa shape index (κ1) is 10.1. The lowest BCUT2D eigenvalue weighted by atomic mass is 10.2. The van der Waals surface area contributed by atoms with Gasteiger partial charge in [0, 0.05) is 30.1 Å². The van der Waals surface area contributed by atoms with Gasteiger partial charge in [-0.2, -0.15) is 11.8 Å². The molecule has 14 heavy (non-hydrogen) atoms. The molecule has 0 radical (unpaired) electrons. The Labute approximate surface area is 89.1 Å². The number of nitrogens with two attached hydrogens (primary N) is 1. The average molecular weight is 211 g/mol. The molecular weight excluding hydrogens is 194 g/mol. The number of imidazole rings is 1. The predicted molar refractivity (Wildman–Crippen MR) is 60.5 cm³/mol. The van der Waals surface area contributed by atoms with Gasteiger partial charge in [0.25, 0.3) is 0 Å². The van der Waals surface area contributed by atoms with Gasteiger partial charge in [0.1, 0.15) is 0 Å². The molecule has 0 bridgehead atoms. The van der Waals surface area contributed by atoms with Gasteiger partial charge in [-0.1, -0.05) is 0 Å². The molecule has 1 aromatic rings. The van der Waals surface area contributed by atoms with E-state index in [2.05, 4.69) is 21.3 Å². The molecular formula is C10H17N3S. The van der Waals surface area contributed by atoms with Crippen LogP contribution in [-0.4, -0.2) is 27.1 Å². The molecule has 2 N–H and O–H groups in total. The van der Waals surface area contributed by atoms with Gasteiger partial charge in [0.2, 0.25) is 0 Å². The van der Waals surface area contributed by atoms with Crippen molar-refractivity contribution in [2.45, 2.75) is 31.1 Å². The Hall–Kier alpha value is -0.480. The van der Waals surface area contributed by atoms with E-state index in [9.17, 15) is 0 Å². The monoisotopic (exact) mass is 211 g/mol. The van der Waals surface area contributed by atoms with Crippen LogP contribution in [0.4, 0.5) is 0 Å². The van der Waals surface area contributed by atoms with Crippen molar-refractivity contribution >= 4 is 11.8 Å². The highest BCUT2D eigenvalue weighted by Gasteiger charge is 2.16. The summed E-state index contributed by atoms with van der Waals surface area (Å²) in [6, 6.07) is 0. The van der Waals surface area contributed by atoms with Crippen LogP contribution in [0.25, 0.3) is 0 Å². The first-order chi connectivity index (χ1) is 6.90. The summed E-state index contributed by atoms with van der Waals surface area (Å²) in [6.45, 7) is 1.82. The summed E-state index contributed by atoms with van der Waals surface area (Å²) in [5.74, 6) is 1.32. The Morgan fingerprint density at radius 3 is 3.29 bits per heavy atom. The number of nitrogens with zero attached hydrogens (tertiary/aromatic N) is 2. The van der Waals surface area contributed by atoms with Crippen LogP contribution < -0.4 is 5.73 Å². The summed E-state index contributed by atoms with van der Waals surface area (Å²) < 4.78 is 2.26. The zero-order valence-corrected chi connectivity index (χ0v) is 9.17. The maximum Gasteiger partial charge on any atom is 0.0948 e. The van der Waals surface area contributed by atoms with Crippen molar-refractivity contribution in [1.29, 1.82) is 0 Å². The van der Waals surface area contributed by atoms with Crippen LogP contribution >= 0.6 is 11.8 Å². The van der Waals surface area contributed by atoms with Crippen molar-refractivity contribution in [3.63, 3.8) is 0 Å². The Morgan fingerprint density at radius 1 is 1.64 bits per heavy atom. The molecule has 0 aliphatic carbocycles. The summed E-state index contributed by atoms with van der Waals surface area (Å²) in [7, 11) is 0. The van der Waals surface area contributed by atoms with E-state index in [-0.39, 0.29) is 0 Å². The van der Waals surface area contributed by atoms with Crippen molar-refractivity contribution in [2.24, 2.45) is 5.73 Å². The summed E-state index contributed by atoms with van der Waals surface area (Å²) in [5.41, 5.74) is 6.83. The lowest BCUT2D eigenvalue weighted by Gasteiger charge is -2.11. The number of thioether (sulfide) groups is 1. The van der Waals surface area contributed by atoms with E-state index in [1.54, 1.807) is 0 Å². The van der Waals surface area contributed by atoms with Crippen LogP contribution in [0.1, 0.15) is 18.5 Å². The second kappa shape index (κ2) is 4.84. The van der Waals surface area contributed by atoms with Crippen LogP contribution in [-0.2, 0) is 13.0 Å². The van der Waals surface area contributed by atoms with E-state index in [4.69, 9.17) is 5.73 Å². The largest absolute Gasteiger partial charge is 0.333 e. The van der Waals surface area contributed by atoms with Gasteiger partial charge in [0.05, 0.1) is 6.33 Å². The summed E-state index contributed by atoms with van der Waals surface area (Å²) >= 11 is 2.09. The van der Waals surface area contributed by atoms with E-state index in [0.29, 0.717) is 6.54 Å². The second-order valence-electron chi connectivity index (χ2n) is 3.71. The van der Waals surface area contributed by atoms with Crippen molar-refractivity contribution in [2.75, 3.05) is 12.3 Å². The third kappa shape index (κ3) is 2.30. The lowest BCUT2D eigenvalue weighted by molar-refractivity contribution is 0.614. The molecule has 0 spiro atoms. The molecule has 0 aromatic carbocycles. The summed E-state index contributed by atoms with van der Waals surface area (Å²) in [4.78, 5) is 4.18. The van der Waals surface area contributed by atoms with Gasteiger partial charge < -0.3 is 10.3 Å². The molecule has 78 valence electrons. The molecule has 4 heteroatoms. The van der Waals surface area contributed by atoms with Crippen molar-refractivity contribution in [3.05, 3.63) is 18.2 Å². The topological polar surface area (TPSA) is 43.8 Å². The smallest absolute Gasteiger partial charge is 0.0948 e. The first-order valence-corrected chi connectivity index (χ1v) is 6.25. The fraction of sp³-hybridized carbons (Fsp3) is 0.700. The van der Waals surface area contributed by atoms with Crippen molar-refractivity contribution in [3.8, 4) is 0 Å². The minimum Gasteiger partial charge on any atom is -0.333 e. The van der Waals surface area contributed by atoms with E-state index >= 15 is 0 Å². The van der Waals surface area contributed by atoms with Crippen molar-refractivity contribution < 1.29 is 0 Å². The third-order valence-corrected chi connectivity index (χ3v) is 4.00. The van der Waals surface area contributed by atoms with Crippen LogP contribution in [0.2, 0.25) is 0 Å². The fourth-order valence-corrected chi connectivity index (χ4v) is 3.14.